The van der Waals surface area contributed by atoms with Crippen LogP contribution in [-0.2, 0) is 9.53 Å². The zero-order valence-corrected chi connectivity index (χ0v) is 12.8. The molecule has 1 aromatic rings. The van der Waals surface area contributed by atoms with E-state index in [-0.39, 0.29) is 18.6 Å². The number of hydrogen-bond acceptors (Lipinski definition) is 4. The van der Waals surface area contributed by atoms with E-state index in [9.17, 15) is 4.79 Å². The summed E-state index contributed by atoms with van der Waals surface area (Å²) in [5, 5.41) is 0. The monoisotopic (exact) mass is 296 g/mol. The first-order valence-electron chi connectivity index (χ1n) is 6.23. The molecule has 20 heavy (non-hydrogen) atoms. The van der Waals surface area contributed by atoms with Gasteiger partial charge in [-0.05, 0) is 31.2 Å². The first-order valence-corrected chi connectivity index (χ1v) is 6.63. The number of ether oxygens (including phenoxy) is 2. The molecule has 110 valence electrons. The van der Waals surface area contributed by atoms with E-state index in [1.165, 1.54) is 0 Å². The van der Waals surface area contributed by atoms with Crippen molar-refractivity contribution in [3.05, 3.63) is 29.8 Å². The Labute approximate surface area is 124 Å². The van der Waals surface area contributed by atoms with Crippen molar-refractivity contribution in [2.45, 2.75) is 13.0 Å². The largest absolute Gasteiger partial charge is 0.484 e. The van der Waals surface area contributed by atoms with E-state index < -0.39 is 0 Å². The standard InChI is InChI=1S/C14H20N2O3S/c1-10(8-18-3)16(2)13(17)9-19-12-6-4-11(5-7-12)14(15)20/h4-7,10H,8-9H2,1-3H3,(H2,15,20). The molecule has 1 rings (SSSR count). The average molecular weight is 296 g/mol. The zero-order chi connectivity index (χ0) is 15.1. The Kier molecular flexibility index (Phi) is 6.41. The van der Waals surface area contributed by atoms with E-state index >= 15 is 0 Å². The topological polar surface area (TPSA) is 64.8 Å². The van der Waals surface area contributed by atoms with Gasteiger partial charge in [0, 0.05) is 19.7 Å². The second-order valence-corrected chi connectivity index (χ2v) is 4.93. The van der Waals surface area contributed by atoms with Gasteiger partial charge in [-0.3, -0.25) is 4.79 Å². The number of nitrogens with two attached hydrogens (primary N) is 1. The van der Waals surface area contributed by atoms with Gasteiger partial charge in [-0.25, -0.2) is 0 Å². The van der Waals surface area contributed by atoms with Gasteiger partial charge in [0.15, 0.2) is 6.61 Å². The van der Waals surface area contributed by atoms with E-state index in [0.29, 0.717) is 17.3 Å². The van der Waals surface area contributed by atoms with Gasteiger partial charge in [0.05, 0.1) is 12.6 Å². The second-order valence-electron chi connectivity index (χ2n) is 4.49. The molecular weight excluding hydrogens is 276 g/mol. The number of likely N-dealkylation sites (N-methyl/N-ethyl adjacent to an activating group) is 1. The number of amides is 1. The number of thiocarbonyl (C=S) groups is 1. The van der Waals surface area contributed by atoms with Crippen LogP contribution in [-0.4, -0.2) is 49.2 Å². The normalized spacial score (nSPS) is 11.8. The number of nitrogens with zero attached hydrogens (tertiary/aromatic N) is 1. The third kappa shape index (κ3) is 4.79. The molecule has 0 heterocycles. The predicted molar refractivity (Wildman–Crippen MR) is 81.9 cm³/mol. The fourth-order valence-corrected chi connectivity index (χ4v) is 1.70. The molecule has 0 aromatic heterocycles. The minimum absolute atomic E-state index is 0.00749. The molecule has 0 aliphatic rings. The summed E-state index contributed by atoms with van der Waals surface area (Å²) in [6.45, 7) is 2.39. The molecule has 0 spiro atoms. The average Bonchev–Trinajstić information content (AvgIpc) is 2.44. The van der Waals surface area contributed by atoms with Crippen LogP contribution in [0.25, 0.3) is 0 Å². The van der Waals surface area contributed by atoms with Crippen molar-refractivity contribution in [1.29, 1.82) is 0 Å². The lowest BCUT2D eigenvalue weighted by atomic mass is 10.2. The molecule has 1 amide bonds. The summed E-state index contributed by atoms with van der Waals surface area (Å²) >= 11 is 4.86. The van der Waals surface area contributed by atoms with Crippen LogP contribution in [0, 0.1) is 0 Å². The van der Waals surface area contributed by atoms with E-state index in [2.05, 4.69) is 0 Å². The zero-order valence-electron chi connectivity index (χ0n) is 12.0. The maximum atomic E-state index is 11.9. The van der Waals surface area contributed by atoms with Gasteiger partial charge >= 0.3 is 0 Å². The summed E-state index contributed by atoms with van der Waals surface area (Å²) in [6.07, 6.45) is 0. The Morgan fingerprint density at radius 1 is 1.40 bits per heavy atom. The lowest BCUT2D eigenvalue weighted by Gasteiger charge is -2.24. The lowest BCUT2D eigenvalue weighted by Crippen LogP contribution is -2.40. The SMILES string of the molecule is COCC(C)N(C)C(=O)COc1ccc(C(N)=S)cc1. The molecule has 0 aliphatic heterocycles. The van der Waals surface area contributed by atoms with Crippen molar-refractivity contribution in [3.63, 3.8) is 0 Å². The van der Waals surface area contributed by atoms with Crippen LogP contribution in [0.1, 0.15) is 12.5 Å². The molecule has 0 radical (unpaired) electrons. The van der Waals surface area contributed by atoms with Crippen LogP contribution >= 0.6 is 12.2 Å². The first-order chi connectivity index (χ1) is 9.45. The van der Waals surface area contributed by atoms with Crippen LogP contribution in [0.3, 0.4) is 0 Å². The van der Waals surface area contributed by atoms with Crippen LogP contribution in [0.5, 0.6) is 5.75 Å². The quantitative estimate of drug-likeness (QED) is 0.766. The molecule has 1 aromatic carbocycles. The first kappa shape index (κ1) is 16.4. The number of carbonyl (C=O) groups is 1. The summed E-state index contributed by atoms with van der Waals surface area (Å²) in [5.74, 6) is 0.499. The molecule has 1 unspecified atom stereocenters. The van der Waals surface area contributed by atoms with Crippen LogP contribution in [0.4, 0.5) is 0 Å². The smallest absolute Gasteiger partial charge is 0.260 e. The fraction of sp³-hybridized carbons (Fsp3) is 0.429. The summed E-state index contributed by atoms with van der Waals surface area (Å²) < 4.78 is 10.5. The Morgan fingerprint density at radius 2 is 2.00 bits per heavy atom. The number of methoxy groups -OCH3 is 1. The van der Waals surface area contributed by atoms with Crippen LogP contribution in [0.15, 0.2) is 24.3 Å². The second kappa shape index (κ2) is 7.81. The summed E-state index contributed by atoms with van der Waals surface area (Å²) in [4.78, 5) is 13.9. The molecule has 0 bridgehead atoms. The third-order valence-electron chi connectivity index (χ3n) is 2.96. The summed E-state index contributed by atoms with van der Waals surface area (Å²) in [7, 11) is 3.33. The van der Waals surface area contributed by atoms with Crippen molar-refractivity contribution >= 4 is 23.1 Å². The molecule has 6 heteroatoms. The van der Waals surface area contributed by atoms with Gasteiger partial charge in [0.2, 0.25) is 0 Å². The highest BCUT2D eigenvalue weighted by atomic mass is 32.1. The van der Waals surface area contributed by atoms with Crippen molar-refractivity contribution in [3.8, 4) is 5.75 Å². The summed E-state index contributed by atoms with van der Waals surface area (Å²) in [6, 6.07) is 7.01. The maximum Gasteiger partial charge on any atom is 0.260 e. The van der Waals surface area contributed by atoms with Crippen molar-refractivity contribution in [2.75, 3.05) is 27.4 Å². The summed E-state index contributed by atoms with van der Waals surface area (Å²) in [5.41, 5.74) is 6.27. The number of benzene rings is 1. The number of carbonyl (C=O) groups excluding carboxylic acids is 1. The Hall–Kier alpha value is -1.66. The highest BCUT2D eigenvalue weighted by molar-refractivity contribution is 7.80. The highest BCUT2D eigenvalue weighted by Gasteiger charge is 2.15. The molecule has 0 saturated carbocycles. The molecule has 2 N–H and O–H groups in total. The van der Waals surface area contributed by atoms with Crippen LogP contribution < -0.4 is 10.5 Å². The van der Waals surface area contributed by atoms with E-state index in [1.54, 1.807) is 43.3 Å². The molecule has 5 nitrogen and oxygen atoms in total. The van der Waals surface area contributed by atoms with Gasteiger partial charge in [0.1, 0.15) is 10.7 Å². The van der Waals surface area contributed by atoms with Crippen molar-refractivity contribution in [1.82, 2.24) is 4.90 Å². The minimum atomic E-state index is -0.104. The Morgan fingerprint density at radius 3 is 2.50 bits per heavy atom. The van der Waals surface area contributed by atoms with E-state index in [1.807, 2.05) is 6.92 Å². The van der Waals surface area contributed by atoms with Gasteiger partial charge in [-0.2, -0.15) is 0 Å². The Balaban J connectivity index is 2.50. The molecule has 0 saturated heterocycles. The van der Waals surface area contributed by atoms with Gasteiger partial charge in [-0.15, -0.1) is 0 Å². The molecule has 0 aliphatic carbocycles. The molecule has 1 atom stereocenters. The third-order valence-corrected chi connectivity index (χ3v) is 3.20. The predicted octanol–water partition coefficient (Wildman–Crippen LogP) is 1.19. The van der Waals surface area contributed by atoms with Crippen molar-refractivity contribution in [2.24, 2.45) is 5.73 Å². The maximum absolute atomic E-state index is 11.9. The number of hydrogen-bond donors (Lipinski definition) is 1. The van der Waals surface area contributed by atoms with Gasteiger partial charge < -0.3 is 20.1 Å². The minimum Gasteiger partial charge on any atom is -0.484 e. The van der Waals surface area contributed by atoms with Gasteiger partial charge in [-0.1, -0.05) is 12.2 Å². The highest BCUT2D eigenvalue weighted by Crippen LogP contribution is 2.12. The molecular formula is C14H20N2O3S. The lowest BCUT2D eigenvalue weighted by molar-refractivity contribution is -0.134. The van der Waals surface area contributed by atoms with E-state index in [4.69, 9.17) is 27.4 Å². The number of rotatable bonds is 7. The van der Waals surface area contributed by atoms with Crippen molar-refractivity contribution < 1.29 is 14.3 Å². The molecule has 0 fully saturated rings. The Bertz CT molecular complexity index is 462. The fourth-order valence-electron chi connectivity index (χ4n) is 1.56. The van der Waals surface area contributed by atoms with Gasteiger partial charge in [0.25, 0.3) is 5.91 Å². The van der Waals surface area contributed by atoms with E-state index in [0.717, 1.165) is 5.56 Å². The van der Waals surface area contributed by atoms with Crippen LogP contribution in [0.2, 0.25) is 0 Å².